The number of carboxylic acids is 1. The number of alkyl halides is 3. The van der Waals surface area contributed by atoms with E-state index in [2.05, 4.69) is 4.74 Å². The van der Waals surface area contributed by atoms with E-state index in [1.165, 1.54) is 18.1 Å². The number of ether oxygens (including phenoxy) is 2. The van der Waals surface area contributed by atoms with Gasteiger partial charge in [-0.2, -0.15) is 0 Å². The van der Waals surface area contributed by atoms with Gasteiger partial charge in [0, 0.05) is 19.2 Å². The van der Waals surface area contributed by atoms with E-state index in [0.29, 0.717) is 5.56 Å². The van der Waals surface area contributed by atoms with Crippen molar-refractivity contribution >= 4 is 11.9 Å². The molecule has 0 atom stereocenters. The maximum absolute atomic E-state index is 12.9. The average molecular weight is 423 g/mol. The number of carboxylic acid groups (broad SMARTS) is 1. The van der Waals surface area contributed by atoms with Gasteiger partial charge < -0.3 is 19.5 Å². The fourth-order valence-corrected chi connectivity index (χ4v) is 3.69. The van der Waals surface area contributed by atoms with E-state index in [0.717, 1.165) is 12.1 Å². The van der Waals surface area contributed by atoms with Crippen LogP contribution in [-0.2, 0) is 10.2 Å². The summed E-state index contributed by atoms with van der Waals surface area (Å²) in [5.41, 5.74) is -0.336. The molecule has 1 aliphatic rings. The molecule has 2 aromatic carbocycles. The van der Waals surface area contributed by atoms with E-state index in [1.807, 2.05) is 0 Å². The molecule has 0 spiro atoms. The van der Waals surface area contributed by atoms with Crippen molar-refractivity contribution in [3.8, 4) is 11.5 Å². The summed E-state index contributed by atoms with van der Waals surface area (Å²) in [6.45, 7) is 0.369. The summed E-state index contributed by atoms with van der Waals surface area (Å²) in [7, 11) is 1.24. The molecule has 0 saturated carbocycles. The SMILES string of the molecule is COc1cc(OC(F)(F)F)ccc1C(=O)N1CCC(C(=O)O)(c2ccccc2)CC1. The lowest BCUT2D eigenvalue weighted by Crippen LogP contribution is -2.49. The van der Waals surface area contributed by atoms with Crippen LogP contribution >= 0.6 is 0 Å². The normalized spacial score (nSPS) is 16.1. The number of carbonyl (C=O) groups excluding carboxylic acids is 1. The molecule has 0 unspecified atom stereocenters. The van der Waals surface area contributed by atoms with Gasteiger partial charge in [0.1, 0.15) is 11.5 Å². The van der Waals surface area contributed by atoms with Crippen molar-refractivity contribution in [1.29, 1.82) is 0 Å². The Kier molecular flexibility index (Phi) is 5.91. The molecule has 30 heavy (non-hydrogen) atoms. The molecule has 1 saturated heterocycles. The highest BCUT2D eigenvalue weighted by Crippen LogP contribution is 2.37. The van der Waals surface area contributed by atoms with Crippen LogP contribution in [0.15, 0.2) is 48.5 Å². The number of piperidine rings is 1. The van der Waals surface area contributed by atoms with Gasteiger partial charge in [-0.25, -0.2) is 0 Å². The zero-order chi connectivity index (χ0) is 21.9. The lowest BCUT2D eigenvalue weighted by atomic mass is 9.72. The maximum Gasteiger partial charge on any atom is 0.573 e. The van der Waals surface area contributed by atoms with Crippen LogP contribution in [0.4, 0.5) is 13.2 Å². The Morgan fingerprint density at radius 1 is 1.07 bits per heavy atom. The van der Waals surface area contributed by atoms with Crippen molar-refractivity contribution in [3.63, 3.8) is 0 Å². The Morgan fingerprint density at radius 3 is 2.23 bits per heavy atom. The molecule has 0 radical (unpaired) electrons. The average Bonchev–Trinajstić information content (AvgIpc) is 2.72. The minimum absolute atomic E-state index is 0.0557. The van der Waals surface area contributed by atoms with E-state index in [1.54, 1.807) is 30.3 Å². The third-order valence-corrected chi connectivity index (χ3v) is 5.28. The van der Waals surface area contributed by atoms with Crippen LogP contribution in [0.3, 0.4) is 0 Å². The first-order valence-electron chi connectivity index (χ1n) is 9.18. The molecule has 1 heterocycles. The van der Waals surface area contributed by atoms with Gasteiger partial charge in [0.25, 0.3) is 5.91 Å². The fraction of sp³-hybridized carbons (Fsp3) is 0.333. The number of aliphatic carboxylic acids is 1. The molecule has 1 amide bonds. The molecule has 1 aliphatic heterocycles. The molecule has 1 fully saturated rings. The van der Waals surface area contributed by atoms with Crippen molar-refractivity contribution in [1.82, 2.24) is 4.90 Å². The van der Waals surface area contributed by atoms with Crippen LogP contribution in [0.2, 0.25) is 0 Å². The number of methoxy groups -OCH3 is 1. The molecular formula is C21H20F3NO5. The second kappa shape index (κ2) is 8.25. The van der Waals surface area contributed by atoms with Crippen LogP contribution in [0.1, 0.15) is 28.8 Å². The monoisotopic (exact) mass is 423 g/mol. The Labute approximate surface area is 170 Å². The van der Waals surface area contributed by atoms with Gasteiger partial charge >= 0.3 is 12.3 Å². The zero-order valence-corrected chi connectivity index (χ0v) is 16.1. The smallest absolute Gasteiger partial charge is 0.496 e. The minimum atomic E-state index is -4.86. The fourth-order valence-electron chi connectivity index (χ4n) is 3.69. The van der Waals surface area contributed by atoms with E-state index in [-0.39, 0.29) is 37.2 Å². The summed E-state index contributed by atoms with van der Waals surface area (Å²) < 4.78 is 46.2. The number of benzene rings is 2. The van der Waals surface area contributed by atoms with E-state index < -0.39 is 29.4 Å². The zero-order valence-electron chi connectivity index (χ0n) is 16.1. The molecule has 0 bridgehead atoms. The quantitative estimate of drug-likeness (QED) is 0.791. The molecule has 160 valence electrons. The maximum atomic E-state index is 12.9. The second-order valence-corrected chi connectivity index (χ2v) is 6.96. The first kappa shape index (κ1) is 21.5. The van der Waals surface area contributed by atoms with Gasteiger partial charge in [0.2, 0.25) is 0 Å². The van der Waals surface area contributed by atoms with Crippen LogP contribution < -0.4 is 9.47 Å². The predicted octanol–water partition coefficient (Wildman–Crippen LogP) is 3.85. The number of likely N-dealkylation sites (tertiary alicyclic amines) is 1. The van der Waals surface area contributed by atoms with E-state index in [9.17, 15) is 27.9 Å². The van der Waals surface area contributed by atoms with E-state index in [4.69, 9.17) is 4.74 Å². The van der Waals surface area contributed by atoms with Crippen molar-refractivity contribution in [2.45, 2.75) is 24.6 Å². The molecule has 3 rings (SSSR count). The Morgan fingerprint density at radius 2 is 1.70 bits per heavy atom. The highest BCUT2D eigenvalue weighted by atomic mass is 19.4. The number of halogens is 3. The van der Waals surface area contributed by atoms with Crippen LogP contribution in [0.5, 0.6) is 11.5 Å². The molecule has 6 nitrogen and oxygen atoms in total. The third-order valence-electron chi connectivity index (χ3n) is 5.28. The number of hydrogen-bond donors (Lipinski definition) is 1. The van der Waals surface area contributed by atoms with Crippen molar-refractivity contribution < 1.29 is 37.3 Å². The highest BCUT2D eigenvalue weighted by molar-refractivity contribution is 5.97. The van der Waals surface area contributed by atoms with Crippen LogP contribution in [-0.4, -0.2) is 48.4 Å². The molecular weight excluding hydrogens is 403 g/mol. The van der Waals surface area contributed by atoms with Gasteiger partial charge in [-0.1, -0.05) is 30.3 Å². The van der Waals surface area contributed by atoms with E-state index >= 15 is 0 Å². The van der Waals surface area contributed by atoms with Gasteiger partial charge in [0.05, 0.1) is 18.1 Å². The molecule has 9 heteroatoms. The summed E-state index contributed by atoms with van der Waals surface area (Å²) in [5, 5.41) is 9.86. The van der Waals surface area contributed by atoms with Crippen LogP contribution in [0, 0.1) is 0 Å². The lowest BCUT2D eigenvalue weighted by molar-refractivity contribution is -0.274. The van der Waals surface area contributed by atoms with Crippen LogP contribution in [0.25, 0.3) is 0 Å². The summed E-state index contributed by atoms with van der Waals surface area (Å²) >= 11 is 0. The summed E-state index contributed by atoms with van der Waals surface area (Å²) in [6, 6.07) is 12.1. The Hall–Kier alpha value is -3.23. The number of amides is 1. The van der Waals surface area contributed by atoms with Gasteiger partial charge in [-0.15, -0.1) is 13.2 Å². The summed E-state index contributed by atoms with van der Waals surface area (Å²) in [4.78, 5) is 26.5. The van der Waals surface area contributed by atoms with Crippen molar-refractivity contribution in [3.05, 3.63) is 59.7 Å². The van der Waals surface area contributed by atoms with Crippen molar-refractivity contribution in [2.75, 3.05) is 20.2 Å². The molecule has 2 aromatic rings. The molecule has 0 aromatic heterocycles. The standard InChI is InChI=1S/C21H20F3NO5/c1-29-17-13-15(30-21(22,23)24)7-8-16(17)18(26)25-11-9-20(10-12-25,19(27)28)14-5-3-2-4-6-14/h2-8,13H,9-12H2,1H3,(H,27,28). The second-order valence-electron chi connectivity index (χ2n) is 6.96. The minimum Gasteiger partial charge on any atom is -0.496 e. The van der Waals surface area contributed by atoms with Gasteiger partial charge in [0.15, 0.2) is 0 Å². The number of hydrogen-bond acceptors (Lipinski definition) is 4. The van der Waals surface area contributed by atoms with Gasteiger partial charge in [-0.05, 0) is 30.5 Å². The predicted molar refractivity (Wildman–Crippen MR) is 101 cm³/mol. The van der Waals surface area contributed by atoms with Gasteiger partial charge in [-0.3, -0.25) is 9.59 Å². The highest BCUT2D eigenvalue weighted by Gasteiger charge is 2.44. The number of rotatable bonds is 5. The Bertz CT molecular complexity index is 922. The molecule has 1 N–H and O–H groups in total. The molecule has 0 aliphatic carbocycles. The topological polar surface area (TPSA) is 76.1 Å². The first-order chi connectivity index (χ1) is 14.2. The largest absolute Gasteiger partial charge is 0.573 e. The first-order valence-corrected chi connectivity index (χ1v) is 9.18. The number of carbonyl (C=O) groups is 2. The third kappa shape index (κ3) is 4.34. The Balaban J connectivity index is 1.79. The summed E-state index contributed by atoms with van der Waals surface area (Å²) in [6.07, 6.45) is -4.42. The lowest BCUT2D eigenvalue weighted by Gasteiger charge is -2.39. The van der Waals surface area contributed by atoms with Crippen molar-refractivity contribution in [2.24, 2.45) is 0 Å². The summed E-state index contributed by atoms with van der Waals surface area (Å²) in [5.74, 6) is -1.95. The number of nitrogens with zero attached hydrogens (tertiary/aromatic N) is 1.